The lowest BCUT2D eigenvalue weighted by Crippen LogP contribution is -2.26. The average molecular weight is 256 g/mol. The maximum absolute atomic E-state index is 2.38. The van der Waals surface area contributed by atoms with Crippen LogP contribution >= 0.6 is 0 Å². The van der Waals surface area contributed by atoms with Crippen LogP contribution < -0.4 is 0 Å². The van der Waals surface area contributed by atoms with Gasteiger partial charge in [-0.2, -0.15) is 0 Å². The van der Waals surface area contributed by atoms with Crippen LogP contribution in [0.1, 0.15) is 76.5 Å². The van der Waals surface area contributed by atoms with Gasteiger partial charge in [0.05, 0.1) is 0 Å². The zero-order valence-corrected chi connectivity index (χ0v) is 13.3. The number of hydrogen-bond acceptors (Lipinski definition) is 0. The van der Waals surface area contributed by atoms with Crippen molar-refractivity contribution < 1.29 is 0 Å². The lowest BCUT2D eigenvalue weighted by molar-refractivity contribution is 0.437. The van der Waals surface area contributed by atoms with Crippen LogP contribution in [0.2, 0.25) is 0 Å². The molecule has 19 heavy (non-hydrogen) atoms. The summed E-state index contributed by atoms with van der Waals surface area (Å²) in [6.07, 6.45) is 6.18. The molecule has 0 heteroatoms. The fourth-order valence-electron chi connectivity index (χ4n) is 4.38. The van der Waals surface area contributed by atoms with Crippen LogP contribution in [0.15, 0.2) is 23.8 Å². The Kier molecular flexibility index (Phi) is 4.18. The molecule has 0 amide bonds. The lowest BCUT2D eigenvalue weighted by atomic mass is 9.69. The first-order valence-corrected chi connectivity index (χ1v) is 7.99. The molecule has 0 aliphatic heterocycles. The first-order chi connectivity index (χ1) is 9.16. The molecule has 0 spiro atoms. The normalized spacial score (nSPS) is 21.9. The molecule has 1 aliphatic carbocycles. The summed E-state index contributed by atoms with van der Waals surface area (Å²) >= 11 is 0. The van der Waals surface area contributed by atoms with Crippen molar-refractivity contribution >= 4 is 5.57 Å². The quantitative estimate of drug-likeness (QED) is 0.603. The van der Waals surface area contributed by atoms with Gasteiger partial charge in [-0.05, 0) is 54.9 Å². The van der Waals surface area contributed by atoms with Gasteiger partial charge in [0, 0.05) is 5.41 Å². The highest BCUT2D eigenvalue weighted by atomic mass is 14.5. The van der Waals surface area contributed by atoms with Gasteiger partial charge in [-0.15, -0.1) is 0 Å². The Labute approximate surface area is 118 Å². The minimum atomic E-state index is 0.329. The van der Waals surface area contributed by atoms with E-state index < -0.39 is 0 Å². The van der Waals surface area contributed by atoms with Crippen molar-refractivity contribution in [2.24, 2.45) is 0 Å². The molecule has 0 nitrogen and oxygen atoms in total. The van der Waals surface area contributed by atoms with Gasteiger partial charge in [-0.25, -0.2) is 0 Å². The third-order valence-corrected chi connectivity index (χ3v) is 5.01. The molecule has 0 saturated carbocycles. The molecule has 0 N–H and O–H groups in total. The minimum Gasteiger partial charge on any atom is -0.0653 e. The van der Waals surface area contributed by atoms with Crippen LogP contribution in [0, 0.1) is 6.92 Å². The molecule has 1 aromatic carbocycles. The third-order valence-electron chi connectivity index (χ3n) is 5.01. The summed E-state index contributed by atoms with van der Waals surface area (Å²) in [7, 11) is 0. The molecular weight excluding hydrogens is 228 g/mol. The van der Waals surface area contributed by atoms with E-state index in [-0.39, 0.29) is 0 Å². The van der Waals surface area contributed by atoms with Gasteiger partial charge < -0.3 is 0 Å². The number of hydrogen-bond donors (Lipinski definition) is 0. The zero-order valence-electron chi connectivity index (χ0n) is 13.3. The predicted molar refractivity (Wildman–Crippen MR) is 85.6 cm³/mol. The molecule has 0 aromatic heterocycles. The summed E-state index contributed by atoms with van der Waals surface area (Å²) in [5.41, 5.74) is 8.38. The van der Waals surface area contributed by atoms with Crippen molar-refractivity contribution in [3.63, 3.8) is 0 Å². The van der Waals surface area contributed by atoms with Gasteiger partial charge in [-0.1, -0.05) is 57.9 Å². The van der Waals surface area contributed by atoms with Crippen LogP contribution in [0.5, 0.6) is 0 Å². The zero-order chi connectivity index (χ0) is 14.0. The van der Waals surface area contributed by atoms with E-state index in [0.29, 0.717) is 5.41 Å². The van der Waals surface area contributed by atoms with E-state index in [4.69, 9.17) is 0 Å². The summed E-state index contributed by atoms with van der Waals surface area (Å²) < 4.78 is 0. The van der Waals surface area contributed by atoms with E-state index in [1.54, 1.807) is 22.3 Å². The highest BCUT2D eigenvalue weighted by Gasteiger charge is 2.42. The number of aryl methyl sites for hydroxylation is 1. The van der Waals surface area contributed by atoms with Crippen LogP contribution in [0.4, 0.5) is 0 Å². The molecule has 0 heterocycles. The molecule has 0 radical (unpaired) electrons. The molecule has 0 saturated heterocycles. The molecule has 1 aliphatic rings. The maximum Gasteiger partial charge on any atom is 0.0173 e. The highest BCUT2D eigenvalue weighted by Crippen LogP contribution is 2.54. The minimum absolute atomic E-state index is 0.329. The number of rotatable bonds is 5. The number of fused-ring (bicyclic) bond motifs is 1. The fourth-order valence-corrected chi connectivity index (χ4v) is 4.38. The van der Waals surface area contributed by atoms with Crippen LogP contribution in [-0.4, -0.2) is 0 Å². The standard InChI is InChI=1S/C19H28/c1-6-13-19(9-4)17(8-3)15(7-2)16-12-10-11-14(5)18(16)19/h10-12H,6-9,13H2,1-5H3. The SMILES string of the molecule is CCCC1(CC)C(CC)=C(CC)c2cccc(C)c21. The second-order valence-electron chi connectivity index (χ2n) is 5.85. The summed E-state index contributed by atoms with van der Waals surface area (Å²) in [4.78, 5) is 0. The Morgan fingerprint density at radius 1 is 1.00 bits per heavy atom. The summed E-state index contributed by atoms with van der Waals surface area (Å²) in [5, 5.41) is 0. The van der Waals surface area contributed by atoms with Crippen molar-refractivity contribution in [3.05, 3.63) is 40.5 Å². The van der Waals surface area contributed by atoms with Gasteiger partial charge in [0.15, 0.2) is 0 Å². The third kappa shape index (κ3) is 1.96. The Bertz CT molecular complexity index is 493. The molecule has 1 aromatic rings. The van der Waals surface area contributed by atoms with Crippen molar-refractivity contribution in [2.45, 2.75) is 72.1 Å². The highest BCUT2D eigenvalue weighted by molar-refractivity contribution is 5.81. The Morgan fingerprint density at radius 2 is 1.74 bits per heavy atom. The second-order valence-corrected chi connectivity index (χ2v) is 5.85. The second kappa shape index (κ2) is 5.53. The van der Waals surface area contributed by atoms with Crippen molar-refractivity contribution in [1.82, 2.24) is 0 Å². The monoisotopic (exact) mass is 256 g/mol. The van der Waals surface area contributed by atoms with E-state index in [1.807, 2.05) is 0 Å². The molecule has 1 unspecified atom stereocenters. The topological polar surface area (TPSA) is 0 Å². The first-order valence-electron chi connectivity index (χ1n) is 7.99. The van der Waals surface area contributed by atoms with Gasteiger partial charge >= 0.3 is 0 Å². The van der Waals surface area contributed by atoms with E-state index in [9.17, 15) is 0 Å². The van der Waals surface area contributed by atoms with Gasteiger partial charge in [-0.3, -0.25) is 0 Å². The van der Waals surface area contributed by atoms with Crippen molar-refractivity contribution in [3.8, 4) is 0 Å². The molecule has 1 atom stereocenters. The smallest absolute Gasteiger partial charge is 0.0173 e. The van der Waals surface area contributed by atoms with E-state index in [1.165, 1.54) is 37.7 Å². The average Bonchev–Trinajstić information content (AvgIpc) is 2.70. The Hall–Kier alpha value is -1.04. The van der Waals surface area contributed by atoms with Crippen molar-refractivity contribution in [2.75, 3.05) is 0 Å². The molecule has 104 valence electrons. The fraction of sp³-hybridized carbons (Fsp3) is 0.579. The Balaban J connectivity index is 2.75. The Morgan fingerprint density at radius 3 is 2.26 bits per heavy atom. The summed E-state index contributed by atoms with van der Waals surface area (Å²) in [5.74, 6) is 0. The first kappa shape index (κ1) is 14.4. The van der Waals surface area contributed by atoms with Gasteiger partial charge in [0.2, 0.25) is 0 Å². The summed E-state index contributed by atoms with van der Waals surface area (Å²) in [6.45, 7) is 11.7. The maximum atomic E-state index is 2.38. The number of benzene rings is 1. The molecule has 0 bridgehead atoms. The lowest BCUT2D eigenvalue weighted by Gasteiger charge is -2.34. The van der Waals surface area contributed by atoms with Crippen LogP contribution in [0.3, 0.4) is 0 Å². The molecule has 2 rings (SSSR count). The predicted octanol–water partition coefficient (Wildman–Crippen LogP) is 6.03. The van der Waals surface area contributed by atoms with E-state index in [2.05, 4.69) is 52.8 Å². The molecule has 0 fully saturated rings. The van der Waals surface area contributed by atoms with E-state index in [0.717, 1.165) is 0 Å². The largest absolute Gasteiger partial charge is 0.0653 e. The van der Waals surface area contributed by atoms with E-state index >= 15 is 0 Å². The summed E-state index contributed by atoms with van der Waals surface area (Å²) in [6, 6.07) is 6.88. The van der Waals surface area contributed by atoms with Crippen LogP contribution in [0.25, 0.3) is 5.57 Å². The van der Waals surface area contributed by atoms with Gasteiger partial charge in [0.25, 0.3) is 0 Å². The molecular formula is C19H28. The van der Waals surface area contributed by atoms with Crippen LogP contribution in [-0.2, 0) is 5.41 Å². The van der Waals surface area contributed by atoms with Crippen molar-refractivity contribution in [1.29, 1.82) is 0 Å². The number of allylic oxidation sites excluding steroid dienone is 2. The van der Waals surface area contributed by atoms with Gasteiger partial charge in [0.1, 0.15) is 0 Å².